The number of aromatic nitrogens is 1. The lowest BCUT2D eigenvalue weighted by Crippen LogP contribution is -2.33. The number of hydrogen-bond donors (Lipinski definition) is 1. The Kier molecular flexibility index (Phi) is 3.96. The Balaban J connectivity index is 1.61. The lowest BCUT2D eigenvalue weighted by Gasteiger charge is -2.23. The molecule has 0 aromatic carbocycles. The van der Waals surface area contributed by atoms with E-state index < -0.39 is 0 Å². The second-order valence-corrected chi connectivity index (χ2v) is 6.30. The van der Waals surface area contributed by atoms with Crippen molar-refractivity contribution < 1.29 is 9.21 Å². The first kappa shape index (κ1) is 14.1. The molecule has 2 amide bonds. The molecule has 0 aliphatic heterocycles. The van der Waals surface area contributed by atoms with Gasteiger partial charge in [0.2, 0.25) is 0 Å². The Morgan fingerprint density at radius 2 is 2.38 bits per heavy atom. The van der Waals surface area contributed by atoms with Crippen LogP contribution in [0, 0.1) is 0 Å². The predicted molar refractivity (Wildman–Crippen MR) is 82.6 cm³/mol. The van der Waals surface area contributed by atoms with E-state index in [0.29, 0.717) is 11.0 Å². The number of hydrogen-bond acceptors (Lipinski definition) is 4. The van der Waals surface area contributed by atoms with Crippen molar-refractivity contribution >= 4 is 22.5 Å². The highest BCUT2D eigenvalue weighted by Gasteiger charge is 2.24. The smallest absolute Gasteiger partial charge is 0.323 e. The van der Waals surface area contributed by atoms with Crippen molar-refractivity contribution in [1.29, 1.82) is 0 Å². The zero-order valence-electron chi connectivity index (χ0n) is 12.2. The van der Waals surface area contributed by atoms with Gasteiger partial charge in [-0.3, -0.25) is 5.32 Å². The Bertz CT molecular complexity index is 604. The molecular weight excluding hydrogens is 286 g/mol. The Morgan fingerprint density at radius 1 is 1.57 bits per heavy atom. The average Bonchev–Trinajstić information content (AvgIpc) is 3.06. The SMILES string of the molecule is CC(c1ccco1)N(C)C(=O)Nc1nc(C2CCC2)cs1. The highest BCUT2D eigenvalue weighted by Crippen LogP contribution is 2.37. The molecule has 2 aromatic heterocycles. The Labute approximate surface area is 128 Å². The largest absolute Gasteiger partial charge is 0.467 e. The van der Waals surface area contributed by atoms with Crippen LogP contribution in [0.15, 0.2) is 28.2 Å². The number of furan rings is 1. The van der Waals surface area contributed by atoms with Crippen molar-refractivity contribution in [2.24, 2.45) is 0 Å². The van der Waals surface area contributed by atoms with Crippen molar-refractivity contribution in [2.45, 2.75) is 38.1 Å². The van der Waals surface area contributed by atoms with Gasteiger partial charge < -0.3 is 9.32 Å². The number of carbonyl (C=O) groups excluding carboxylic acids is 1. The summed E-state index contributed by atoms with van der Waals surface area (Å²) in [5.74, 6) is 1.36. The van der Waals surface area contributed by atoms with Crippen LogP contribution in [0.1, 0.15) is 49.6 Å². The summed E-state index contributed by atoms with van der Waals surface area (Å²) >= 11 is 1.49. The van der Waals surface area contributed by atoms with Gasteiger partial charge in [0.15, 0.2) is 5.13 Å². The van der Waals surface area contributed by atoms with E-state index in [0.717, 1.165) is 11.5 Å². The topological polar surface area (TPSA) is 58.4 Å². The summed E-state index contributed by atoms with van der Waals surface area (Å²) in [5.41, 5.74) is 1.11. The van der Waals surface area contributed by atoms with Crippen molar-refractivity contribution in [3.8, 4) is 0 Å². The molecule has 0 spiro atoms. The van der Waals surface area contributed by atoms with E-state index in [4.69, 9.17) is 4.42 Å². The number of urea groups is 1. The minimum absolute atomic E-state index is 0.119. The van der Waals surface area contributed by atoms with Gasteiger partial charge in [-0.25, -0.2) is 9.78 Å². The van der Waals surface area contributed by atoms with E-state index in [1.54, 1.807) is 18.2 Å². The molecule has 1 atom stereocenters. The molecule has 0 radical (unpaired) electrons. The number of carbonyl (C=O) groups is 1. The monoisotopic (exact) mass is 305 g/mol. The van der Waals surface area contributed by atoms with Gasteiger partial charge in [0.1, 0.15) is 5.76 Å². The molecule has 112 valence electrons. The average molecular weight is 305 g/mol. The fourth-order valence-electron chi connectivity index (χ4n) is 2.31. The van der Waals surface area contributed by atoms with Crippen LogP contribution < -0.4 is 5.32 Å². The molecule has 1 N–H and O–H groups in total. The van der Waals surface area contributed by atoms with E-state index >= 15 is 0 Å². The van der Waals surface area contributed by atoms with Crippen LogP contribution in [0.25, 0.3) is 0 Å². The van der Waals surface area contributed by atoms with Crippen LogP contribution in [-0.2, 0) is 0 Å². The first-order valence-corrected chi connectivity index (χ1v) is 8.05. The summed E-state index contributed by atoms with van der Waals surface area (Å²) in [6.45, 7) is 1.93. The normalized spacial score (nSPS) is 16.3. The number of amides is 2. The third-order valence-electron chi connectivity index (χ3n) is 4.12. The minimum atomic E-state index is -0.173. The molecule has 3 rings (SSSR count). The van der Waals surface area contributed by atoms with Crippen molar-refractivity contribution in [3.05, 3.63) is 35.2 Å². The fraction of sp³-hybridized carbons (Fsp3) is 0.467. The molecule has 1 fully saturated rings. The van der Waals surface area contributed by atoms with Gasteiger partial charge >= 0.3 is 6.03 Å². The number of nitrogens with one attached hydrogen (secondary N) is 1. The van der Waals surface area contributed by atoms with E-state index in [1.807, 2.05) is 19.1 Å². The predicted octanol–water partition coefficient (Wildman–Crippen LogP) is 4.23. The number of anilines is 1. The first-order chi connectivity index (χ1) is 10.1. The summed E-state index contributed by atoms with van der Waals surface area (Å²) < 4.78 is 5.34. The maximum atomic E-state index is 12.3. The summed E-state index contributed by atoms with van der Waals surface area (Å²) in [7, 11) is 1.75. The van der Waals surface area contributed by atoms with Crippen molar-refractivity contribution in [2.75, 3.05) is 12.4 Å². The fourth-order valence-corrected chi connectivity index (χ4v) is 3.09. The number of nitrogens with zero attached hydrogens (tertiary/aromatic N) is 2. The summed E-state index contributed by atoms with van der Waals surface area (Å²) in [6.07, 6.45) is 5.33. The van der Waals surface area contributed by atoms with E-state index in [-0.39, 0.29) is 12.1 Å². The number of thiazole rings is 1. The van der Waals surface area contributed by atoms with Gasteiger partial charge in [-0.05, 0) is 31.9 Å². The lowest BCUT2D eigenvalue weighted by atomic mass is 9.83. The molecule has 6 heteroatoms. The summed E-state index contributed by atoms with van der Waals surface area (Å²) in [4.78, 5) is 18.4. The molecule has 2 aromatic rings. The molecule has 5 nitrogen and oxygen atoms in total. The van der Waals surface area contributed by atoms with E-state index in [1.165, 1.54) is 30.6 Å². The highest BCUT2D eigenvalue weighted by atomic mass is 32.1. The zero-order valence-corrected chi connectivity index (χ0v) is 13.0. The quantitative estimate of drug-likeness (QED) is 0.919. The van der Waals surface area contributed by atoms with Gasteiger partial charge in [-0.15, -0.1) is 11.3 Å². The molecule has 21 heavy (non-hydrogen) atoms. The third-order valence-corrected chi connectivity index (χ3v) is 4.89. The molecule has 1 aliphatic rings. The minimum Gasteiger partial charge on any atom is -0.467 e. The second-order valence-electron chi connectivity index (χ2n) is 5.44. The van der Waals surface area contributed by atoms with Crippen LogP contribution in [0.2, 0.25) is 0 Å². The Morgan fingerprint density at radius 3 is 3.00 bits per heavy atom. The van der Waals surface area contributed by atoms with Crippen molar-refractivity contribution in [1.82, 2.24) is 9.88 Å². The van der Waals surface area contributed by atoms with Crippen LogP contribution in [0.3, 0.4) is 0 Å². The van der Waals surface area contributed by atoms with Gasteiger partial charge in [0, 0.05) is 18.3 Å². The van der Waals surface area contributed by atoms with Gasteiger partial charge in [0.25, 0.3) is 0 Å². The maximum Gasteiger partial charge on any atom is 0.323 e. The maximum absolute atomic E-state index is 12.3. The molecule has 0 saturated heterocycles. The van der Waals surface area contributed by atoms with Crippen LogP contribution in [-0.4, -0.2) is 23.0 Å². The summed E-state index contributed by atoms with van der Waals surface area (Å²) in [6, 6.07) is 3.40. The number of rotatable bonds is 4. The molecule has 1 aliphatic carbocycles. The Hall–Kier alpha value is -1.82. The zero-order chi connectivity index (χ0) is 14.8. The molecule has 1 unspecified atom stereocenters. The molecule has 2 heterocycles. The van der Waals surface area contributed by atoms with Crippen LogP contribution in [0.5, 0.6) is 0 Å². The van der Waals surface area contributed by atoms with E-state index in [2.05, 4.69) is 15.7 Å². The first-order valence-electron chi connectivity index (χ1n) is 7.18. The third kappa shape index (κ3) is 2.95. The highest BCUT2D eigenvalue weighted by molar-refractivity contribution is 7.13. The molecule has 1 saturated carbocycles. The van der Waals surface area contributed by atoms with Crippen molar-refractivity contribution in [3.63, 3.8) is 0 Å². The second kappa shape index (κ2) is 5.89. The standard InChI is InChI=1S/C15H19N3O2S/c1-10(13-7-4-8-20-13)18(2)15(19)17-14-16-12(9-21-14)11-5-3-6-11/h4,7-11H,3,5-6H2,1-2H3,(H,16,17,19). The molecular formula is C15H19N3O2S. The van der Waals surface area contributed by atoms with Gasteiger partial charge in [-0.1, -0.05) is 6.42 Å². The van der Waals surface area contributed by atoms with Gasteiger partial charge in [0.05, 0.1) is 18.0 Å². The lowest BCUT2D eigenvalue weighted by molar-refractivity contribution is 0.201. The van der Waals surface area contributed by atoms with Crippen LogP contribution >= 0.6 is 11.3 Å². The van der Waals surface area contributed by atoms with Gasteiger partial charge in [-0.2, -0.15) is 0 Å². The summed E-state index contributed by atoms with van der Waals surface area (Å²) in [5, 5.41) is 5.58. The van der Waals surface area contributed by atoms with E-state index in [9.17, 15) is 4.79 Å². The molecule has 0 bridgehead atoms. The van der Waals surface area contributed by atoms with Crippen LogP contribution in [0.4, 0.5) is 9.93 Å².